The largest absolute Gasteiger partial charge is 0.381 e. The Bertz CT molecular complexity index is 209. The maximum atomic E-state index is 5.52. The van der Waals surface area contributed by atoms with Crippen LogP contribution >= 0.6 is 0 Å². The van der Waals surface area contributed by atoms with Gasteiger partial charge in [-0.05, 0) is 37.8 Å². The van der Waals surface area contributed by atoms with Crippen LogP contribution in [0.5, 0.6) is 0 Å². The first-order chi connectivity index (χ1) is 6.99. The molecule has 2 heterocycles. The summed E-state index contributed by atoms with van der Waals surface area (Å²) in [6.07, 6.45) is 3.95. The number of hydrogen-bond donors (Lipinski definition) is 0. The molecule has 0 aromatic rings. The molecule has 2 aliphatic rings. The van der Waals surface area contributed by atoms with E-state index in [-0.39, 0.29) is 0 Å². The Morgan fingerprint density at radius 1 is 1.07 bits per heavy atom. The van der Waals surface area contributed by atoms with E-state index in [0.717, 1.165) is 13.2 Å². The van der Waals surface area contributed by atoms with Gasteiger partial charge in [0.1, 0.15) is 0 Å². The van der Waals surface area contributed by atoms with Crippen molar-refractivity contribution >= 4 is 0 Å². The van der Waals surface area contributed by atoms with E-state index in [1.165, 1.54) is 38.9 Å². The van der Waals surface area contributed by atoms with E-state index in [9.17, 15) is 0 Å². The van der Waals surface area contributed by atoms with Crippen LogP contribution in [-0.2, 0) is 4.74 Å². The van der Waals surface area contributed by atoms with Gasteiger partial charge in [0.05, 0.1) is 6.61 Å². The fraction of sp³-hybridized carbons (Fsp3) is 1.00. The monoisotopic (exact) mass is 211 g/mol. The van der Waals surface area contributed by atoms with Gasteiger partial charge in [-0.1, -0.05) is 20.8 Å². The van der Waals surface area contributed by atoms with Crippen LogP contribution in [0.3, 0.4) is 0 Å². The molecule has 0 saturated carbocycles. The Kier molecular flexibility index (Phi) is 3.09. The molecule has 1 atom stereocenters. The van der Waals surface area contributed by atoms with E-state index in [1.807, 2.05) is 0 Å². The molecule has 15 heavy (non-hydrogen) atoms. The minimum Gasteiger partial charge on any atom is -0.381 e. The zero-order valence-corrected chi connectivity index (χ0v) is 10.5. The van der Waals surface area contributed by atoms with Gasteiger partial charge < -0.3 is 9.64 Å². The molecule has 0 spiro atoms. The van der Waals surface area contributed by atoms with E-state index in [1.54, 1.807) is 0 Å². The smallest absolute Gasteiger partial charge is 0.0532 e. The Balaban J connectivity index is 1.81. The lowest BCUT2D eigenvalue weighted by Crippen LogP contribution is -2.43. The maximum absolute atomic E-state index is 5.52. The average molecular weight is 211 g/mol. The van der Waals surface area contributed by atoms with Crippen molar-refractivity contribution in [3.63, 3.8) is 0 Å². The molecule has 0 unspecified atom stereocenters. The third-order valence-electron chi connectivity index (χ3n) is 4.12. The van der Waals surface area contributed by atoms with Gasteiger partial charge in [0, 0.05) is 18.6 Å². The fourth-order valence-electron chi connectivity index (χ4n) is 2.69. The minimum atomic E-state index is 0.432. The third-order valence-corrected chi connectivity index (χ3v) is 4.12. The predicted octanol–water partition coefficient (Wildman–Crippen LogP) is 2.54. The highest BCUT2D eigenvalue weighted by molar-refractivity contribution is 4.86. The highest BCUT2D eigenvalue weighted by Gasteiger charge is 2.34. The second kappa shape index (κ2) is 4.06. The first-order valence-electron chi connectivity index (χ1n) is 6.29. The summed E-state index contributed by atoms with van der Waals surface area (Å²) < 4.78 is 5.52. The third kappa shape index (κ3) is 2.94. The van der Waals surface area contributed by atoms with Crippen molar-refractivity contribution in [2.75, 3.05) is 32.8 Å². The summed E-state index contributed by atoms with van der Waals surface area (Å²) in [7, 11) is 0. The number of rotatable bonds is 2. The molecule has 2 rings (SSSR count). The summed E-state index contributed by atoms with van der Waals surface area (Å²) in [4.78, 5) is 2.64. The SMILES string of the molecule is CC1(C)CCN(C[C@]2(C)CCOC2)CC1. The van der Waals surface area contributed by atoms with Crippen molar-refractivity contribution in [1.82, 2.24) is 4.90 Å². The molecule has 0 aromatic heterocycles. The van der Waals surface area contributed by atoms with Crippen molar-refractivity contribution in [2.45, 2.75) is 40.0 Å². The standard InChI is InChI=1S/C13H25NO/c1-12(2)4-7-14(8-5-12)10-13(3)6-9-15-11-13/h4-11H2,1-3H3/t13-/m0/s1. The normalized spacial score (nSPS) is 37.0. The first kappa shape index (κ1) is 11.4. The molecule has 2 nitrogen and oxygen atoms in total. The Morgan fingerprint density at radius 3 is 2.27 bits per heavy atom. The van der Waals surface area contributed by atoms with Crippen LogP contribution in [-0.4, -0.2) is 37.7 Å². The van der Waals surface area contributed by atoms with Gasteiger partial charge in [-0.25, -0.2) is 0 Å². The molecule has 0 aliphatic carbocycles. The average Bonchev–Trinajstić information content (AvgIpc) is 2.57. The summed E-state index contributed by atoms with van der Waals surface area (Å²) in [5.41, 5.74) is 1.01. The topological polar surface area (TPSA) is 12.5 Å². The number of nitrogens with zero attached hydrogens (tertiary/aromatic N) is 1. The molecule has 88 valence electrons. The van der Waals surface area contributed by atoms with Crippen LogP contribution in [0.2, 0.25) is 0 Å². The van der Waals surface area contributed by atoms with Gasteiger partial charge in [0.25, 0.3) is 0 Å². The van der Waals surface area contributed by atoms with Gasteiger partial charge in [-0.15, -0.1) is 0 Å². The molecule has 2 aliphatic heterocycles. The van der Waals surface area contributed by atoms with E-state index >= 15 is 0 Å². The van der Waals surface area contributed by atoms with E-state index < -0.39 is 0 Å². The predicted molar refractivity (Wildman–Crippen MR) is 63.0 cm³/mol. The molecule has 0 aromatic carbocycles. The Morgan fingerprint density at radius 2 is 1.73 bits per heavy atom. The van der Waals surface area contributed by atoms with Gasteiger partial charge in [0.2, 0.25) is 0 Å². The molecular weight excluding hydrogens is 186 g/mol. The van der Waals surface area contributed by atoms with Crippen molar-refractivity contribution in [3.8, 4) is 0 Å². The minimum absolute atomic E-state index is 0.432. The molecule has 2 heteroatoms. The van der Waals surface area contributed by atoms with Gasteiger partial charge in [0.15, 0.2) is 0 Å². The van der Waals surface area contributed by atoms with E-state index in [2.05, 4.69) is 25.7 Å². The number of piperidine rings is 1. The van der Waals surface area contributed by atoms with Crippen LogP contribution in [0.1, 0.15) is 40.0 Å². The second-order valence-corrected chi connectivity index (χ2v) is 6.55. The van der Waals surface area contributed by atoms with Crippen LogP contribution in [0.4, 0.5) is 0 Å². The Labute approximate surface area is 94.0 Å². The highest BCUT2D eigenvalue weighted by Crippen LogP contribution is 2.33. The molecule has 0 amide bonds. The van der Waals surface area contributed by atoms with Crippen molar-refractivity contribution in [3.05, 3.63) is 0 Å². The van der Waals surface area contributed by atoms with E-state index in [4.69, 9.17) is 4.74 Å². The van der Waals surface area contributed by atoms with Gasteiger partial charge in [-0.2, -0.15) is 0 Å². The van der Waals surface area contributed by atoms with Crippen molar-refractivity contribution < 1.29 is 4.74 Å². The summed E-state index contributed by atoms with van der Waals surface area (Å²) in [5.74, 6) is 0. The zero-order valence-electron chi connectivity index (χ0n) is 10.5. The lowest BCUT2D eigenvalue weighted by molar-refractivity contribution is 0.0777. The van der Waals surface area contributed by atoms with E-state index in [0.29, 0.717) is 10.8 Å². The van der Waals surface area contributed by atoms with Gasteiger partial charge in [-0.3, -0.25) is 0 Å². The lowest BCUT2D eigenvalue weighted by atomic mass is 9.81. The zero-order chi connectivity index (χ0) is 10.9. The van der Waals surface area contributed by atoms with Crippen LogP contribution in [0.25, 0.3) is 0 Å². The van der Waals surface area contributed by atoms with Crippen LogP contribution in [0.15, 0.2) is 0 Å². The summed E-state index contributed by atoms with van der Waals surface area (Å²) >= 11 is 0. The van der Waals surface area contributed by atoms with Crippen LogP contribution in [0, 0.1) is 10.8 Å². The highest BCUT2D eigenvalue weighted by atomic mass is 16.5. The maximum Gasteiger partial charge on any atom is 0.0532 e. The molecule has 0 bridgehead atoms. The number of ether oxygens (including phenoxy) is 1. The number of likely N-dealkylation sites (tertiary alicyclic amines) is 1. The molecular formula is C13H25NO. The van der Waals surface area contributed by atoms with Crippen molar-refractivity contribution in [2.24, 2.45) is 10.8 Å². The molecule has 2 saturated heterocycles. The number of hydrogen-bond acceptors (Lipinski definition) is 2. The molecule has 0 radical (unpaired) electrons. The van der Waals surface area contributed by atoms with Crippen LogP contribution < -0.4 is 0 Å². The Hall–Kier alpha value is -0.0800. The first-order valence-corrected chi connectivity index (χ1v) is 6.29. The summed E-state index contributed by atoms with van der Waals surface area (Å²) in [6, 6.07) is 0. The van der Waals surface area contributed by atoms with Crippen molar-refractivity contribution in [1.29, 1.82) is 0 Å². The van der Waals surface area contributed by atoms with Gasteiger partial charge >= 0.3 is 0 Å². The molecule has 2 fully saturated rings. The lowest BCUT2D eigenvalue weighted by Gasteiger charge is -2.40. The summed E-state index contributed by atoms with van der Waals surface area (Å²) in [5, 5.41) is 0. The molecule has 0 N–H and O–H groups in total. The second-order valence-electron chi connectivity index (χ2n) is 6.55. The quantitative estimate of drug-likeness (QED) is 0.696. The summed E-state index contributed by atoms with van der Waals surface area (Å²) in [6.45, 7) is 12.9. The fourth-order valence-corrected chi connectivity index (χ4v) is 2.69.